The number of piperidine rings is 2. The number of aromatic amines is 2. The van der Waals surface area contributed by atoms with E-state index in [2.05, 4.69) is 58.5 Å². The number of H-pyrrole nitrogens is 2. The quantitative estimate of drug-likeness (QED) is 0.0250. The maximum Gasteiger partial charge on any atom is 0.410 e. The molecule has 5 amide bonds. The maximum atomic E-state index is 13.6. The van der Waals surface area contributed by atoms with Crippen molar-refractivity contribution in [2.75, 3.05) is 100 Å². The van der Waals surface area contributed by atoms with Crippen LogP contribution in [0.5, 0.6) is 11.5 Å². The van der Waals surface area contributed by atoms with Gasteiger partial charge in [0.25, 0.3) is 0 Å². The second-order valence-corrected chi connectivity index (χ2v) is 26.9. The first-order chi connectivity index (χ1) is 48.7. The molecule has 28 heteroatoms. The average Bonchev–Trinajstić information content (AvgIpc) is 1.67. The van der Waals surface area contributed by atoms with Crippen molar-refractivity contribution in [2.45, 2.75) is 145 Å². The zero-order valence-corrected chi connectivity index (χ0v) is 59.4. The summed E-state index contributed by atoms with van der Waals surface area (Å²) in [4.78, 5) is 145. The summed E-state index contributed by atoms with van der Waals surface area (Å²) in [5, 5.41) is 25.2. The number of benzene rings is 2. The number of hydrogen-bond acceptors (Lipinski definition) is 19. The fourth-order valence-corrected chi connectivity index (χ4v) is 12.6. The van der Waals surface area contributed by atoms with Crippen LogP contribution in [-0.4, -0.2) is 215 Å². The number of methoxy groups -OCH3 is 2. The van der Waals surface area contributed by atoms with Gasteiger partial charge in [0.15, 0.2) is 29.7 Å². The van der Waals surface area contributed by atoms with Gasteiger partial charge in [-0.3, -0.25) is 47.5 Å². The molecule has 0 aliphatic carbocycles. The number of carbonyl (C=O) groups excluding carboxylic acids is 10. The predicted octanol–water partition coefficient (Wildman–Crippen LogP) is 8.17. The molecule has 2 aromatic carbocycles. The fraction of sp³-hybridized carbons (Fsp3) is 0.573. The van der Waals surface area contributed by atoms with Gasteiger partial charge in [-0.1, -0.05) is 61.1 Å². The molecule has 566 valence electrons. The highest BCUT2D eigenvalue weighted by atomic mass is 16.6. The molecule has 5 saturated heterocycles. The first-order valence-corrected chi connectivity index (χ1v) is 35.3. The number of likely N-dealkylation sites (N-methyl/N-ethyl adjacent to an activating group) is 1. The van der Waals surface area contributed by atoms with E-state index in [0.717, 1.165) is 67.4 Å². The highest BCUT2D eigenvalue weighted by molar-refractivity contribution is 6.04. The monoisotopic (exact) mass is 1430 g/mol. The number of aromatic nitrogens is 6. The number of hydrogen-bond donors (Lipinski definition) is 8. The molecule has 28 nitrogen and oxygen atoms in total. The minimum atomic E-state index is -1.03. The number of morpholine rings is 1. The van der Waals surface area contributed by atoms with Crippen LogP contribution in [0.2, 0.25) is 0 Å². The van der Waals surface area contributed by atoms with Gasteiger partial charge in [-0.2, -0.15) is 0 Å². The number of ether oxygens (including phenoxy) is 4. The smallest absolute Gasteiger partial charge is 0.410 e. The Bertz CT molecular complexity index is 3600. The molecule has 0 bridgehead atoms. The van der Waals surface area contributed by atoms with Gasteiger partial charge >= 0.3 is 12.1 Å². The number of fused-ring (bicyclic) bond motifs is 2. The molecule has 5 aliphatic rings. The summed E-state index contributed by atoms with van der Waals surface area (Å²) in [6.07, 6.45) is 17.8. The van der Waals surface area contributed by atoms with E-state index in [1.165, 1.54) is 54.1 Å². The van der Waals surface area contributed by atoms with Gasteiger partial charge in [-0.05, 0) is 139 Å². The topological polar surface area (TPSA) is 362 Å². The largest absolute Gasteiger partial charge is 0.496 e. The number of aliphatic hydroxyl groups is 1. The number of aliphatic hydroxyl groups excluding tert-OH is 1. The Morgan fingerprint density at radius 1 is 0.621 bits per heavy atom. The number of nitrogens with one attached hydrogen (secondary N) is 7. The third-order valence-electron chi connectivity index (χ3n) is 18.2. The summed E-state index contributed by atoms with van der Waals surface area (Å²) >= 11 is 0. The summed E-state index contributed by atoms with van der Waals surface area (Å²) in [6.45, 7) is 15.3. The molecule has 0 saturated carbocycles. The van der Waals surface area contributed by atoms with Crippen LogP contribution in [0.4, 0.5) is 9.59 Å². The Morgan fingerprint density at radius 2 is 1.08 bits per heavy atom. The van der Waals surface area contributed by atoms with Gasteiger partial charge in [-0.15, -0.1) is 0 Å². The average molecular weight is 1430 g/mol. The van der Waals surface area contributed by atoms with Crippen molar-refractivity contribution in [3.63, 3.8) is 0 Å². The first kappa shape index (κ1) is 84.5. The van der Waals surface area contributed by atoms with Crippen LogP contribution in [0.25, 0.3) is 21.8 Å². The van der Waals surface area contributed by atoms with Gasteiger partial charge in [0, 0.05) is 122 Å². The third-order valence-corrected chi connectivity index (χ3v) is 18.2. The van der Waals surface area contributed by atoms with Crippen molar-refractivity contribution in [1.82, 2.24) is 65.5 Å². The Morgan fingerprint density at radius 3 is 1.44 bits per heavy atom. The van der Waals surface area contributed by atoms with Crippen LogP contribution in [0, 0.1) is 35.5 Å². The number of likely N-dealkylation sites (tertiary alicyclic amines) is 1. The van der Waals surface area contributed by atoms with Crippen molar-refractivity contribution in [3.05, 3.63) is 97.4 Å². The Kier molecular flexibility index (Phi) is 35.9. The molecule has 103 heavy (non-hydrogen) atoms. The van der Waals surface area contributed by atoms with Gasteiger partial charge in [0.05, 0.1) is 50.9 Å². The van der Waals surface area contributed by atoms with E-state index in [4.69, 9.17) is 18.9 Å². The van der Waals surface area contributed by atoms with Crippen molar-refractivity contribution in [1.29, 1.82) is 0 Å². The summed E-state index contributed by atoms with van der Waals surface area (Å²) in [5.41, 5.74) is 2.26. The number of amides is 5. The lowest BCUT2D eigenvalue weighted by Crippen LogP contribution is -2.47. The van der Waals surface area contributed by atoms with E-state index >= 15 is 0 Å². The number of rotatable bonds is 25. The predicted molar refractivity (Wildman–Crippen MR) is 392 cm³/mol. The van der Waals surface area contributed by atoms with Crippen LogP contribution in [0.15, 0.2) is 86.0 Å². The van der Waals surface area contributed by atoms with E-state index in [9.17, 15) is 53.1 Å². The maximum absolute atomic E-state index is 13.6. The normalized spacial score (nSPS) is 17.6. The Labute approximate surface area is 604 Å². The summed E-state index contributed by atoms with van der Waals surface area (Å²) in [7, 11) is 5.24. The van der Waals surface area contributed by atoms with Gasteiger partial charge in [0.1, 0.15) is 30.8 Å². The number of nitrogens with zero attached hydrogens (tertiary/aromatic N) is 6. The standard InChI is InChI=1S/C31H42N4O7.C25H33N3O6.C7H6N4O.C5H11NO.C5H11N.2CH4/c1-19(2)14-21(16-26(36)25-17-22-23(33-25)8-7-9-28(22)41-3)30(39)34-24(15-20-10-11-32-29(20)38)27(37)18-42-31(40)35-12-5-4-6-13-35;1-14(2)9-16(11-21(30)20-12-17-18(27-20)5-4-6-23(17)34-3)25(33)28-19(22(31)13-29)10-15-7-8-26-24(15)32;12-7(10-3-1-8-5-10)11-4-2-9-6-11;1-6-2-4-7-5-3-6;1-2-4-6-5-3-1;;/h7-9,17,19-21,24,33H,4-6,10-16,18H2,1-3H3,(H,32,38)(H,34,39);4-6,12,14-16,19,27,29H,7-11,13H2,1-3H3,(H,26,32)(H,28,33);1-6H;2-5H2,1H3;6H,1-5H2;2*1H4/t20-,21+,24-;15-,16+,19-;;;;;/m00...../s1. The van der Waals surface area contributed by atoms with E-state index in [0.29, 0.717) is 74.7 Å². The van der Waals surface area contributed by atoms with Crippen molar-refractivity contribution >= 4 is 80.7 Å². The summed E-state index contributed by atoms with van der Waals surface area (Å²) in [5.74, 6) is -3.36. The van der Waals surface area contributed by atoms with E-state index in [1.807, 2.05) is 64.1 Å². The summed E-state index contributed by atoms with van der Waals surface area (Å²) in [6, 6.07) is 12.2. The van der Waals surface area contributed by atoms with Crippen LogP contribution in [-0.2, 0) is 38.2 Å². The Hall–Kier alpha value is -9.12. The molecular weight excluding hydrogens is 1320 g/mol. The summed E-state index contributed by atoms with van der Waals surface area (Å²) < 4.78 is 23.9. The molecule has 0 unspecified atom stereocenters. The van der Waals surface area contributed by atoms with E-state index in [-0.39, 0.29) is 81.8 Å². The molecule has 4 aromatic heterocycles. The molecule has 9 heterocycles. The first-order valence-electron chi connectivity index (χ1n) is 35.3. The highest BCUT2D eigenvalue weighted by Gasteiger charge is 2.36. The Balaban J connectivity index is 0.000000274. The lowest BCUT2D eigenvalue weighted by atomic mass is 9.89. The van der Waals surface area contributed by atoms with Crippen molar-refractivity contribution in [3.8, 4) is 11.5 Å². The van der Waals surface area contributed by atoms with Crippen LogP contribution < -0.4 is 36.1 Å². The molecule has 0 radical (unpaired) electrons. The van der Waals surface area contributed by atoms with Crippen LogP contribution >= 0.6 is 0 Å². The molecule has 5 fully saturated rings. The molecule has 11 rings (SSSR count). The number of imidazole rings is 2. The zero-order valence-electron chi connectivity index (χ0n) is 59.4. The SMILES string of the molecule is C.C.C1CCNCC1.CN1CCOCC1.COc1cccc2[nH]c(C(=O)C[C@@H](CC(C)C)C(=O)N[C@@H](C[C@@H]3CCNC3=O)C(=O)CO)cc12.COc1cccc2[nH]c(C(=O)C[C@@H](CC(C)C)C(=O)N[C@@H](C[C@@H]3CCNC3=O)C(=O)COC(=O)N3CCCCC3)cc12.O=C(n1ccnc1)n1ccnc1. The minimum Gasteiger partial charge on any atom is -0.496 e. The minimum absolute atomic E-state index is 0. The molecule has 6 aromatic rings. The number of carbonyl (C=O) groups is 10. The van der Waals surface area contributed by atoms with Crippen LogP contribution in [0.3, 0.4) is 0 Å². The molecule has 0 spiro atoms. The fourth-order valence-electron chi connectivity index (χ4n) is 12.6. The van der Waals surface area contributed by atoms with Crippen molar-refractivity contribution < 1.29 is 72.0 Å². The second-order valence-electron chi connectivity index (χ2n) is 26.9. The van der Waals surface area contributed by atoms with E-state index in [1.54, 1.807) is 56.0 Å². The number of Topliss-reactive ketones (excluding diaryl/α,β-unsaturated/α-hetero) is 4. The molecule has 6 atom stereocenters. The molecule has 8 N–H and O–H groups in total. The molecule has 5 aliphatic heterocycles. The van der Waals surface area contributed by atoms with Gasteiger partial charge in [0.2, 0.25) is 23.6 Å². The van der Waals surface area contributed by atoms with Crippen LogP contribution in [0.1, 0.15) is 153 Å². The van der Waals surface area contributed by atoms with Gasteiger partial charge in [-0.25, -0.2) is 19.6 Å². The molecular formula is C75H111N13O15. The second kappa shape index (κ2) is 43.7. The van der Waals surface area contributed by atoms with Crippen molar-refractivity contribution in [2.24, 2.45) is 35.5 Å². The van der Waals surface area contributed by atoms with Gasteiger partial charge < -0.3 is 70.4 Å². The third kappa shape index (κ3) is 26.6. The lowest BCUT2D eigenvalue weighted by molar-refractivity contribution is -0.133. The van der Waals surface area contributed by atoms with E-state index < -0.39 is 78.4 Å². The zero-order chi connectivity index (χ0) is 72.8. The highest BCUT2D eigenvalue weighted by Crippen LogP contribution is 2.30. The number of ketones is 4. The lowest BCUT2D eigenvalue weighted by Gasteiger charge is -2.27.